The van der Waals surface area contributed by atoms with E-state index in [0.717, 1.165) is 0 Å². The summed E-state index contributed by atoms with van der Waals surface area (Å²) in [6.07, 6.45) is 0.177. The lowest BCUT2D eigenvalue weighted by Gasteiger charge is -2.09. The first-order chi connectivity index (χ1) is 6.69. The quantitative estimate of drug-likeness (QED) is 0.871. The molecule has 1 aromatic rings. The van der Waals surface area contributed by atoms with Crippen LogP contribution in [0.1, 0.15) is 23.6 Å². The second kappa shape index (κ2) is 6.33. The van der Waals surface area contributed by atoms with E-state index in [4.69, 9.17) is 11.0 Å². The van der Waals surface area contributed by atoms with Crippen LogP contribution in [0, 0.1) is 17.1 Å². The maximum absolute atomic E-state index is 12.9. The Hall–Kier alpha value is -1.18. The van der Waals surface area contributed by atoms with Crippen LogP contribution in [0.15, 0.2) is 18.2 Å². The molecule has 0 saturated carbocycles. The minimum absolute atomic E-state index is 0. The van der Waals surface area contributed by atoms with Gasteiger partial charge in [0.2, 0.25) is 0 Å². The van der Waals surface area contributed by atoms with Crippen LogP contribution in [0.5, 0.6) is 0 Å². The molecular formula is C10H11ClF2N2. The van der Waals surface area contributed by atoms with E-state index in [9.17, 15) is 8.78 Å². The number of benzene rings is 1. The second-order valence-corrected chi connectivity index (χ2v) is 2.94. The molecule has 0 unspecified atom stereocenters. The number of halogens is 3. The molecule has 0 aliphatic carbocycles. The van der Waals surface area contributed by atoms with E-state index in [-0.39, 0.29) is 24.4 Å². The van der Waals surface area contributed by atoms with Crippen molar-refractivity contribution in [1.82, 2.24) is 0 Å². The van der Waals surface area contributed by atoms with Crippen molar-refractivity contribution in [2.45, 2.75) is 12.5 Å². The molecule has 0 spiro atoms. The third-order valence-corrected chi connectivity index (χ3v) is 1.96. The van der Waals surface area contributed by atoms with Crippen LogP contribution < -0.4 is 5.73 Å². The number of hydrogen-bond acceptors (Lipinski definition) is 2. The van der Waals surface area contributed by atoms with Crippen LogP contribution in [-0.4, -0.2) is 6.67 Å². The number of hydrogen-bond donors (Lipinski definition) is 1. The topological polar surface area (TPSA) is 49.8 Å². The highest BCUT2D eigenvalue weighted by molar-refractivity contribution is 5.85. The summed E-state index contributed by atoms with van der Waals surface area (Å²) in [5.74, 6) is -0.580. The predicted octanol–water partition coefficient (Wildman–Crippen LogP) is 2.48. The third kappa shape index (κ3) is 3.46. The Labute approximate surface area is 93.1 Å². The molecule has 82 valence electrons. The minimum atomic E-state index is -0.580. The molecule has 0 radical (unpaired) electrons. The Balaban J connectivity index is 0.00000196. The van der Waals surface area contributed by atoms with E-state index in [2.05, 4.69) is 0 Å². The average Bonchev–Trinajstić information content (AvgIpc) is 2.19. The lowest BCUT2D eigenvalue weighted by Crippen LogP contribution is -2.11. The van der Waals surface area contributed by atoms with Gasteiger partial charge in [-0.05, 0) is 24.1 Å². The van der Waals surface area contributed by atoms with Crippen LogP contribution in [0.25, 0.3) is 0 Å². The average molecular weight is 233 g/mol. The van der Waals surface area contributed by atoms with Gasteiger partial charge in [0.05, 0.1) is 12.2 Å². The van der Waals surface area contributed by atoms with E-state index in [1.54, 1.807) is 6.07 Å². The number of alkyl halides is 1. The molecule has 5 heteroatoms. The molecule has 1 atom stereocenters. The molecule has 0 saturated heterocycles. The monoisotopic (exact) mass is 232 g/mol. The Kier molecular flexibility index (Phi) is 5.83. The summed E-state index contributed by atoms with van der Waals surface area (Å²) in [6, 6.07) is 5.23. The molecule has 2 N–H and O–H groups in total. The summed E-state index contributed by atoms with van der Waals surface area (Å²) in [5, 5.41) is 8.55. The normalized spacial score (nSPS) is 11.3. The molecule has 0 amide bonds. The smallest absolute Gasteiger partial charge is 0.140 e. The molecular weight excluding hydrogens is 222 g/mol. The Morgan fingerprint density at radius 2 is 2.13 bits per heavy atom. The minimum Gasteiger partial charge on any atom is -0.324 e. The molecule has 0 aliphatic rings. The first-order valence-corrected chi connectivity index (χ1v) is 4.20. The molecule has 1 rings (SSSR count). The van der Waals surface area contributed by atoms with Crippen LogP contribution in [-0.2, 0) is 0 Å². The molecule has 2 nitrogen and oxygen atoms in total. The zero-order valence-corrected chi connectivity index (χ0v) is 8.73. The van der Waals surface area contributed by atoms with Crippen molar-refractivity contribution < 1.29 is 8.78 Å². The van der Waals surface area contributed by atoms with Crippen molar-refractivity contribution in [1.29, 1.82) is 5.26 Å². The van der Waals surface area contributed by atoms with E-state index in [1.165, 1.54) is 18.2 Å². The van der Waals surface area contributed by atoms with Crippen LogP contribution in [0.4, 0.5) is 8.78 Å². The van der Waals surface area contributed by atoms with Gasteiger partial charge in [-0.15, -0.1) is 12.4 Å². The van der Waals surface area contributed by atoms with Crippen molar-refractivity contribution >= 4 is 12.4 Å². The zero-order chi connectivity index (χ0) is 10.6. The summed E-state index contributed by atoms with van der Waals surface area (Å²) >= 11 is 0. The van der Waals surface area contributed by atoms with E-state index >= 15 is 0 Å². The summed E-state index contributed by atoms with van der Waals surface area (Å²) < 4.78 is 24.9. The summed E-state index contributed by atoms with van der Waals surface area (Å²) in [6.45, 7) is -0.527. The molecule has 0 bridgehead atoms. The molecule has 0 aromatic heterocycles. The molecule has 0 heterocycles. The van der Waals surface area contributed by atoms with Crippen LogP contribution >= 0.6 is 12.4 Å². The number of nitriles is 1. The lowest BCUT2D eigenvalue weighted by atomic mass is 10.0. The standard InChI is InChI=1S/C10H10F2N2.ClH/c11-4-3-10(14)7-1-2-9(12)8(5-7)6-13;/h1-2,5,10H,3-4,14H2;1H/t10-;/m0./s1. The van der Waals surface area contributed by atoms with Gasteiger partial charge in [0.15, 0.2) is 0 Å². The number of nitrogens with zero attached hydrogens (tertiary/aromatic N) is 1. The second-order valence-electron chi connectivity index (χ2n) is 2.94. The van der Waals surface area contributed by atoms with Gasteiger partial charge >= 0.3 is 0 Å². The zero-order valence-electron chi connectivity index (χ0n) is 7.91. The van der Waals surface area contributed by atoms with Crippen LogP contribution in [0.3, 0.4) is 0 Å². The van der Waals surface area contributed by atoms with E-state index < -0.39 is 18.5 Å². The first kappa shape index (κ1) is 13.8. The van der Waals surface area contributed by atoms with Gasteiger partial charge < -0.3 is 5.73 Å². The van der Waals surface area contributed by atoms with Crippen molar-refractivity contribution in [2.75, 3.05) is 6.67 Å². The molecule has 0 aliphatic heterocycles. The van der Waals surface area contributed by atoms with Gasteiger partial charge in [-0.25, -0.2) is 4.39 Å². The SMILES string of the molecule is Cl.N#Cc1cc([C@@H](N)CCF)ccc1F. The lowest BCUT2D eigenvalue weighted by molar-refractivity contribution is 0.441. The van der Waals surface area contributed by atoms with Gasteiger partial charge in [-0.2, -0.15) is 5.26 Å². The largest absolute Gasteiger partial charge is 0.324 e. The van der Waals surface area contributed by atoms with Crippen molar-refractivity contribution in [2.24, 2.45) is 5.73 Å². The fourth-order valence-electron chi connectivity index (χ4n) is 1.14. The number of rotatable bonds is 3. The maximum Gasteiger partial charge on any atom is 0.140 e. The van der Waals surface area contributed by atoms with Gasteiger partial charge in [0.25, 0.3) is 0 Å². The van der Waals surface area contributed by atoms with Crippen molar-refractivity contribution in [3.8, 4) is 6.07 Å². The Morgan fingerprint density at radius 3 is 2.67 bits per heavy atom. The fraction of sp³-hybridized carbons (Fsp3) is 0.300. The molecule has 0 fully saturated rings. The van der Waals surface area contributed by atoms with E-state index in [0.29, 0.717) is 5.56 Å². The van der Waals surface area contributed by atoms with Crippen molar-refractivity contribution in [3.05, 3.63) is 35.1 Å². The third-order valence-electron chi connectivity index (χ3n) is 1.96. The summed E-state index contributed by atoms with van der Waals surface area (Å²) in [7, 11) is 0. The highest BCUT2D eigenvalue weighted by atomic mass is 35.5. The molecule has 15 heavy (non-hydrogen) atoms. The van der Waals surface area contributed by atoms with E-state index in [1.807, 2.05) is 0 Å². The van der Waals surface area contributed by atoms with Gasteiger partial charge in [-0.1, -0.05) is 6.07 Å². The Morgan fingerprint density at radius 1 is 1.47 bits per heavy atom. The highest BCUT2D eigenvalue weighted by Gasteiger charge is 2.08. The molecule has 1 aromatic carbocycles. The van der Waals surface area contributed by atoms with Gasteiger partial charge in [0.1, 0.15) is 11.9 Å². The number of nitrogens with two attached hydrogens (primary N) is 1. The van der Waals surface area contributed by atoms with Gasteiger partial charge in [0, 0.05) is 6.04 Å². The van der Waals surface area contributed by atoms with Crippen LogP contribution in [0.2, 0.25) is 0 Å². The maximum atomic E-state index is 12.9. The summed E-state index contributed by atoms with van der Waals surface area (Å²) in [4.78, 5) is 0. The summed E-state index contributed by atoms with van der Waals surface area (Å²) in [5.41, 5.74) is 6.13. The predicted molar refractivity (Wildman–Crippen MR) is 55.9 cm³/mol. The van der Waals surface area contributed by atoms with Crippen molar-refractivity contribution in [3.63, 3.8) is 0 Å². The fourth-order valence-corrected chi connectivity index (χ4v) is 1.14. The first-order valence-electron chi connectivity index (χ1n) is 4.20. The highest BCUT2D eigenvalue weighted by Crippen LogP contribution is 2.17. The Bertz CT molecular complexity index is 363. The van der Waals surface area contributed by atoms with Gasteiger partial charge in [-0.3, -0.25) is 4.39 Å².